The van der Waals surface area contributed by atoms with Crippen molar-refractivity contribution in [1.82, 2.24) is 0 Å². The van der Waals surface area contributed by atoms with Crippen LogP contribution in [0.2, 0.25) is 0 Å². The van der Waals surface area contributed by atoms with Gasteiger partial charge in [-0.1, -0.05) is 6.92 Å². The standard InChI is InChI=1S/C9H17FO2/c1-4-8(9(11)12-3)6-5-7(2)10/h7-8H,4-6H2,1-3H3. The highest BCUT2D eigenvalue weighted by molar-refractivity contribution is 5.72. The zero-order valence-electron chi connectivity index (χ0n) is 7.97. The van der Waals surface area contributed by atoms with E-state index in [0.717, 1.165) is 6.42 Å². The minimum atomic E-state index is -0.830. The number of carbonyl (C=O) groups is 1. The second-order valence-corrected chi connectivity index (χ2v) is 2.99. The number of halogens is 1. The molecule has 0 aliphatic heterocycles. The molecule has 0 saturated carbocycles. The van der Waals surface area contributed by atoms with Gasteiger partial charge in [0.15, 0.2) is 0 Å². The van der Waals surface area contributed by atoms with Crippen LogP contribution in [-0.2, 0) is 9.53 Å². The van der Waals surface area contributed by atoms with Crippen molar-refractivity contribution in [2.24, 2.45) is 5.92 Å². The Kier molecular flexibility index (Phi) is 5.68. The van der Waals surface area contributed by atoms with Gasteiger partial charge in [0.2, 0.25) is 0 Å². The van der Waals surface area contributed by atoms with Gasteiger partial charge < -0.3 is 4.74 Å². The molecular weight excluding hydrogens is 159 g/mol. The van der Waals surface area contributed by atoms with Crippen LogP contribution in [0.15, 0.2) is 0 Å². The normalized spacial score (nSPS) is 15.3. The fraction of sp³-hybridized carbons (Fsp3) is 0.889. The molecule has 12 heavy (non-hydrogen) atoms. The van der Waals surface area contributed by atoms with Gasteiger partial charge in [0.25, 0.3) is 0 Å². The molecule has 0 amide bonds. The molecule has 0 spiro atoms. The van der Waals surface area contributed by atoms with Gasteiger partial charge in [0.05, 0.1) is 19.2 Å². The average molecular weight is 176 g/mol. The number of methoxy groups -OCH3 is 1. The van der Waals surface area contributed by atoms with Crippen molar-refractivity contribution in [3.8, 4) is 0 Å². The molecule has 0 aromatic rings. The molecule has 2 nitrogen and oxygen atoms in total. The molecule has 0 rings (SSSR count). The van der Waals surface area contributed by atoms with Gasteiger partial charge in [-0.25, -0.2) is 4.39 Å². The monoisotopic (exact) mass is 176 g/mol. The molecule has 3 heteroatoms. The summed E-state index contributed by atoms with van der Waals surface area (Å²) in [5.41, 5.74) is 0. The quantitative estimate of drug-likeness (QED) is 0.601. The Morgan fingerprint density at radius 2 is 2.08 bits per heavy atom. The zero-order valence-corrected chi connectivity index (χ0v) is 7.97. The molecule has 2 unspecified atom stereocenters. The Bertz CT molecular complexity index is 134. The van der Waals surface area contributed by atoms with Crippen molar-refractivity contribution in [3.63, 3.8) is 0 Å². The van der Waals surface area contributed by atoms with Crippen molar-refractivity contribution in [3.05, 3.63) is 0 Å². The fourth-order valence-electron chi connectivity index (χ4n) is 1.09. The van der Waals surface area contributed by atoms with Crippen LogP contribution in [0.1, 0.15) is 33.1 Å². The Balaban J connectivity index is 3.75. The molecule has 0 saturated heterocycles. The number of hydrogen-bond donors (Lipinski definition) is 0. The lowest BCUT2D eigenvalue weighted by molar-refractivity contribution is -0.145. The lowest BCUT2D eigenvalue weighted by Crippen LogP contribution is -2.16. The van der Waals surface area contributed by atoms with Gasteiger partial charge in [-0.3, -0.25) is 4.79 Å². The molecule has 72 valence electrons. The van der Waals surface area contributed by atoms with E-state index in [9.17, 15) is 9.18 Å². The third-order valence-electron chi connectivity index (χ3n) is 1.94. The lowest BCUT2D eigenvalue weighted by Gasteiger charge is -2.11. The van der Waals surface area contributed by atoms with Gasteiger partial charge in [-0.15, -0.1) is 0 Å². The van der Waals surface area contributed by atoms with Crippen molar-refractivity contribution in [2.75, 3.05) is 7.11 Å². The van der Waals surface area contributed by atoms with E-state index in [1.165, 1.54) is 14.0 Å². The van der Waals surface area contributed by atoms with E-state index in [1.54, 1.807) is 0 Å². The largest absolute Gasteiger partial charge is 0.469 e. The maximum absolute atomic E-state index is 12.4. The number of esters is 1. The third-order valence-corrected chi connectivity index (χ3v) is 1.94. The van der Waals surface area contributed by atoms with Gasteiger partial charge in [0, 0.05) is 0 Å². The van der Waals surface area contributed by atoms with Crippen molar-refractivity contribution >= 4 is 5.97 Å². The molecule has 0 heterocycles. The first kappa shape index (κ1) is 11.4. The molecule has 0 radical (unpaired) electrons. The Morgan fingerprint density at radius 1 is 1.50 bits per heavy atom. The summed E-state index contributed by atoms with van der Waals surface area (Å²) in [6, 6.07) is 0. The molecule has 0 N–H and O–H groups in total. The van der Waals surface area contributed by atoms with E-state index < -0.39 is 6.17 Å². The number of hydrogen-bond acceptors (Lipinski definition) is 2. The van der Waals surface area contributed by atoms with Crippen LogP contribution in [0.25, 0.3) is 0 Å². The number of rotatable bonds is 5. The average Bonchev–Trinajstić information content (AvgIpc) is 2.04. The molecular formula is C9H17FO2. The van der Waals surface area contributed by atoms with Crippen LogP contribution < -0.4 is 0 Å². The molecule has 0 bridgehead atoms. The fourth-order valence-corrected chi connectivity index (χ4v) is 1.09. The van der Waals surface area contributed by atoms with Gasteiger partial charge in [-0.2, -0.15) is 0 Å². The van der Waals surface area contributed by atoms with Crippen LogP contribution in [0, 0.1) is 5.92 Å². The predicted octanol–water partition coefficient (Wildman–Crippen LogP) is 2.32. The van der Waals surface area contributed by atoms with Crippen LogP contribution in [0.3, 0.4) is 0 Å². The first-order valence-electron chi connectivity index (χ1n) is 4.33. The van der Waals surface area contributed by atoms with E-state index in [0.29, 0.717) is 12.8 Å². The summed E-state index contributed by atoms with van der Waals surface area (Å²) >= 11 is 0. The Labute approximate surface area is 73.1 Å². The van der Waals surface area contributed by atoms with Crippen LogP contribution in [0.5, 0.6) is 0 Å². The maximum atomic E-state index is 12.4. The van der Waals surface area contributed by atoms with Crippen LogP contribution >= 0.6 is 0 Å². The topological polar surface area (TPSA) is 26.3 Å². The minimum Gasteiger partial charge on any atom is -0.469 e. The summed E-state index contributed by atoms with van der Waals surface area (Å²) in [6.07, 6.45) is 0.914. The highest BCUT2D eigenvalue weighted by Gasteiger charge is 2.17. The summed E-state index contributed by atoms with van der Waals surface area (Å²) in [5, 5.41) is 0. The van der Waals surface area contributed by atoms with Gasteiger partial charge in [-0.05, 0) is 26.2 Å². The third kappa shape index (κ3) is 4.31. The molecule has 0 aromatic heterocycles. The zero-order chi connectivity index (χ0) is 9.56. The van der Waals surface area contributed by atoms with E-state index in [-0.39, 0.29) is 11.9 Å². The summed E-state index contributed by atoms with van der Waals surface area (Å²) < 4.78 is 17.0. The first-order chi connectivity index (χ1) is 5.61. The summed E-state index contributed by atoms with van der Waals surface area (Å²) in [6.45, 7) is 3.41. The van der Waals surface area contributed by atoms with Gasteiger partial charge >= 0.3 is 5.97 Å². The SMILES string of the molecule is CCC(CCC(C)F)C(=O)OC. The number of alkyl halides is 1. The molecule has 0 aromatic carbocycles. The number of carbonyl (C=O) groups excluding carboxylic acids is 1. The molecule has 0 aliphatic carbocycles. The minimum absolute atomic E-state index is 0.131. The lowest BCUT2D eigenvalue weighted by atomic mass is 9.99. The highest BCUT2D eigenvalue weighted by Crippen LogP contribution is 2.15. The van der Waals surface area contributed by atoms with Gasteiger partial charge in [0.1, 0.15) is 0 Å². The van der Waals surface area contributed by atoms with Crippen LogP contribution in [-0.4, -0.2) is 19.3 Å². The van der Waals surface area contributed by atoms with Crippen molar-refractivity contribution in [2.45, 2.75) is 39.3 Å². The maximum Gasteiger partial charge on any atom is 0.308 e. The Hall–Kier alpha value is -0.600. The first-order valence-corrected chi connectivity index (χ1v) is 4.33. The van der Waals surface area contributed by atoms with Crippen molar-refractivity contribution < 1.29 is 13.9 Å². The molecule has 0 fully saturated rings. The summed E-state index contributed by atoms with van der Waals surface area (Å²) in [4.78, 5) is 11.0. The second kappa shape index (κ2) is 5.98. The van der Waals surface area contributed by atoms with Crippen molar-refractivity contribution in [1.29, 1.82) is 0 Å². The van der Waals surface area contributed by atoms with E-state index in [2.05, 4.69) is 4.74 Å². The highest BCUT2D eigenvalue weighted by atomic mass is 19.1. The summed E-state index contributed by atoms with van der Waals surface area (Å²) in [5.74, 6) is -0.355. The van der Waals surface area contributed by atoms with Crippen LogP contribution in [0.4, 0.5) is 4.39 Å². The van der Waals surface area contributed by atoms with E-state index >= 15 is 0 Å². The summed E-state index contributed by atoms with van der Waals surface area (Å²) in [7, 11) is 1.36. The predicted molar refractivity (Wildman–Crippen MR) is 45.6 cm³/mol. The molecule has 0 aliphatic rings. The van der Waals surface area contributed by atoms with E-state index in [1.807, 2.05) is 6.92 Å². The Morgan fingerprint density at radius 3 is 2.42 bits per heavy atom. The van der Waals surface area contributed by atoms with E-state index in [4.69, 9.17) is 0 Å². The molecule has 2 atom stereocenters. The second-order valence-electron chi connectivity index (χ2n) is 2.99. The number of ether oxygens (including phenoxy) is 1. The smallest absolute Gasteiger partial charge is 0.308 e.